The maximum absolute atomic E-state index is 11.7. The summed E-state index contributed by atoms with van der Waals surface area (Å²) in [6, 6.07) is 9.63. The molecular weight excluding hydrogens is 358 g/mol. The molecule has 0 N–H and O–H groups in total. The van der Waals surface area contributed by atoms with Gasteiger partial charge in [0.05, 0.1) is 12.9 Å². The number of rotatable bonds is 4. The van der Waals surface area contributed by atoms with Crippen LogP contribution in [0.4, 0.5) is 0 Å². The SMILES string of the molecule is CS(=O)(=O)N1CCOC(c2nnc(/C=C/c3cc4ccccc4o3)o2)C1. The lowest BCUT2D eigenvalue weighted by Crippen LogP contribution is -2.41. The Balaban J connectivity index is 1.49. The van der Waals surface area contributed by atoms with E-state index in [4.69, 9.17) is 13.6 Å². The van der Waals surface area contributed by atoms with Crippen LogP contribution in [-0.2, 0) is 14.8 Å². The van der Waals surface area contributed by atoms with E-state index in [-0.39, 0.29) is 19.0 Å². The van der Waals surface area contributed by atoms with E-state index < -0.39 is 16.1 Å². The number of hydrogen-bond donors (Lipinski definition) is 0. The summed E-state index contributed by atoms with van der Waals surface area (Å²) in [5.74, 6) is 1.21. The number of sulfonamides is 1. The summed E-state index contributed by atoms with van der Waals surface area (Å²) in [7, 11) is -3.28. The molecule has 1 atom stereocenters. The van der Waals surface area contributed by atoms with Crippen LogP contribution in [0.3, 0.4) is 0 Å². The van der Waals surface area contributed by atoms with Crippen molar-refractivity contribution in [2.75, 3.05) is 26.0 Å². The molecule has 8 nitrogen and oxygen atoms in total. The largest absolute Gasteiger partial charge is 0.457 e. The van der Waals surface area contributed by atoms with Crippen molar-refractivity contribution in [1.82, 2.24) is 14.5 Å². The number of para-hydroxylation sites is 1. The van der Waals surface area contributed by atoms with Gasteiger partial charge in [0.1, 0.15) is 17.4 Å². The first-order chi connectivity index (χ1) is 12.5. The number of aromatic nitrogens is 2. The molecule has 9 heteroatoms. The third-order valence-corrected chi connectivity index (χ3v) is 5.33. The zero-order valence-corrected chi connectivity index (χ0v) is 14.8. The number of benzene rings is 1. The fraction of sp³-hybridized carbons (Fsp3) is 0.294. The van der Waals surface area contributed by atoms with E-state index in [9.17, 15) is 8.42 Å². The molecule has 136 valence electrons. The van der Waals surface area contributed by atoms with Crippen molar-refractivity contribution in [3.8, 4) is 0 Å². The lowest BCUT2D eigenvalue weighted by atomic mass is 10.2. The first-order valence-corrected chi connectivity index (χ1v) is 9.91. The lowest BCUT2D eigenvalue weighted by molar-refractivity contribution is -0.0172. The van der Waals surface area contributed by atoms with Gasteiger partial charge in [-0.15, -0.1) is 10.2 Å². The summed E-state index contributed by atoms with van der Waals surface area (Å²) in [4.78, 5) is 0. The minimum absolute atomic E-state index is 0.160. The van der Waals surface area contributed by atoms with E-state index in [1.54, 1.807) is 12.2 Å². The van der Waals surface area contributed by atoms with Gasteiger partial charge in [-0.25, -0.2) is 8.42 Å². The standard InChI is InChI=1S/C17H17N3O5S/c1-26(21,22)20-8-9-23-15(11-20)17-19-18-16(25-17)7-6-13-10-12-4-2-3-5-14(12)24-13/h2-7,10,15H,8-9,11H2,1H3/b7-6+. The van der Waals surface area contributed by atoms with Crippen LogP contribution in [0.5, 0.6) is 0 Å². The van der Waals surface area contributed by atoms with E-state index >= 15 is 0 Å². The minimum atomic E-state index is -3.28. The summed E-state index contributed by atoms with van der Waals surface area (Å²) in [6.45, 7) is 0.764. The van der Waals surface area contributed by atoms with Crippen molar-refractivity contribution in [3.63, 3.8) is 0 Å². The van der Waals surface area contributed by atoms with E-state index in [2.05, 4.69) is 10.2 Å². The Morgan fingerprint density at radius 1 is 1.19 bits per heavy atom. The van der Waals surface area contributed by atoms with Crippen LogP contribution < -0.4 is 0 Å². The summed E-state index contributed by atoms with van der Waals surface area (Å²) in [6.07, 6.45) is 3.98. The summed E-state index contributed by atoms with van der Waals surface area (Å²) < 4.78 is 41.5. The van der Waals surface area contributed by atoms with Crippen LogP contribution in [0, 0.1) is 0 Å². The molecule has 4 rings (SSSR count). The molecule has 0 saturated carbocycles. The zero-order valence-electron chi connectivity index (χ0n) is 14.0. The zero-order chi connectivity index (χ0) is 18.1. The van der Waals surface area contributed by atoms with Crippen molar-refractivity contribution >= 4 is 33.1 Å². The highest BCUT2D eigenvalue weighted by molar-refractivity contribution is 7.88. The second-order valence-electron chi connectivity index (χ2n) is 5.98. The fourth-order valence-electron chi connectivity index (χ4n) is 2.76. The molecule has 0 spiro atoms. The average molecular weight is 375 g/mol. The number of hydrogen-bond acceptors (Lipinski definition) is 7. The van der Waals surface area contributed by atoms with Gasteiger partial charge >= 0.3 is 0 Å². The number of furan rings is 1. The Morgan fingerprint density at radius 2 is 2.04 bits per heavy atom. The van der Waals surface area contributed by atoms with Crippen LogP contribution in [0.1, 0.15) is 23.6 Å². The Kier molecular flexibility index (Phi) is 4.35. The predicted octanol–water partition coefficient (Wildman–Crippen LogP) is 2.32. The Bertz CT molecular complexity index is 1020. The van der Waals surface area contributed by atoms with Gasteiger partial charge in [0.2, 0.25) is 21.8 Å². The molecule has 0 aliphatic carbocycles. The van der Waals surface area contributed by atoms with Gasteiger partial charge in [0, 0.05) is 24.6 Å². The molecule has 0 amide bonds. The summed E-state index contributed by atoms with van der Waals surface area (Å²) >= 11 is 0. The highest BCUT2D eigenvalue weighted by atomic mass is 32.2. The lowest BCUT2D eigenvalue weighted by Gasteiger charge is -2.29. The van der Waals surface area contributed by atoms with Gasteiger partial charge in [-0.2, -0.15) is 4.31 Å². The molecule has 1 aliphatic rings. The predicted molar refractivity (Wildman–Crippen MR) is 94.5 cm³/mol. The van der Waals surface area contributed by atoms with Gasteiger partial charge in [0.15, 0.2) is 0 Å². The molecule has 26 heavy (non-hydrogen) atoms. The molecule has 2 aromatic heterocycles. The topological polar surface area (TPSA) is 98.7 Å². The van der Waals surface area contributed by atoms with E-state index in [1.807, 2.05) is 30.3 Å². The number of ether oxygens (including phenoxy) is 1. The molecule has 1 aromatic carbocycles. The van der Waals surface area contributed by atoms with Crippen LogP contribution in [0.2, 0.25) is 0 Å². The summed E-state index contributed by atoms with van der Waals surface area (Å²) in [5.41, 5.74) is 0.801. The van der Waals surface area contributed by atoms with Crippen molar-refractivity contribution < 1.29 is 22.0 Å². The van der Waals surface area contributed by atoms with E-state index in [0.717, 1.165) is 11.0 Å². The molecule has 0 bridgehead atoms. The maximum atomic E-state index is 11.7. The smallest absolute Gasteiger partial charge is 0.246 e. The normalized spacial score (nSPS) is 19.5. The van der Waals surface area contributed by atoms with E-state index in [1.165, 1.54) is 10.6 Å². The van der Waals surface area contributed by atoms with Crippen LogP contribution >= 0.6 is 0 Å². The highest BCUT2D eigenvalue weighted by Crippen LogP contribution is 2.24. The Labute approximate surface area is 150 Å². The summed E-state index contributed by atoms with van der Waals surface area (Å²) in [5, 5.41) is 8.93. The van der Waals surface area contributed by atoms with Crippen molar-refractivity contribution in [2.24, 2.45) is 0 Å². The molecular formula is C17H17N3O5S. The minimum Gasteiger partial charge on any atom is -0.457 e. The molecule has 1 fully saturated rings. The molecule has 1 aliphatic heterocycles. The molecule has 1 saturated heterocycles. The Morgan fingerprint density at radius 3 is 2.85 bits per heavy atom. The van der Waals surface area contributed by atoms with Crippen LogP contribution in [0.15, 0.2) is 39.2 Å². The second-order valence-corrected chi connectivity index (χ2v) is 7.96. The fourth-order valence-corrected chi connectivity index (χ4v) is 3.57. The third kappa shape index (κ3) is 3.55. The van der Waals surface area contributed by atoms with Crippen molar-refractivity contribution in [2.45, 2.75) is 6.10 Å². The van der Waals surface area contributed by atoms with Crippen LogP contribution in [0.25, 0.3) is 23.1 Å². The van der Waals surface area contributed by atoms with Gasteiger partial charge < -0.3 is 13.6 Å². The third-order valence-electron chi connectivity index (χ3n) is 4.06. The quantitative estimate of drug-likeness (QED) is 0.690. The average Bonchev–Trinajstić information content (AvgIpc) is 3.26. The number of morpholine rings is 1. The van der Waals surface area contributed by atoms with E-state index in [0.29, 0.717) is 18.2 Å². The number of nitrogens with zero attached hydrogens (tertiary/aromatic N) is 3. The molecule has 3 heterocycles. The van der Waals surface area contributed by atoms with Crippen molar-refractivity contribution in [3.05, 3.63) is 47.9 Å². The van der Waals surface area contributed by atoms with Crippen LogP contribution in [-0.4, -0.2) is 48.9 Å². The second kappa shape index (κ2) is 6.67. The maximum Gasteiger partial charge on any atom is 0.246 e. The van der Waals surface area contributed by atoms with Gasteiger partial charge in [-0.1, -0.05) is 18.2 Å². The van der Waals surface area contributed by atoms with Gasteiger partial charge in [-0.3, -0.25) is 0 Å². The van der Waals surface area contributed by atoms with Gasteiger partial charge in [-0.05, 0) is 18.2 Å². The Hall–Kier alpha value is -2.49. The van der Waals surface area contributed by atoms with Crippen molar-refractivity contribution in [1.29, 1.82) is 0 Å². The molecule has 1 unspecified atom stereocenters. The monoisotopic (exact) mass is 375 g/mol. The molecule has 0 radical (unpaired) electrons. The molecule has 3 aromatic rings. The highest BCUT2D eigenvalue weighted by Gasteiger charge is 2.30. The first kappa shape index (κ1) is 17.0. The first-order valence-electron chi connectivity index (χ1n) is 8.06. The number of fused-ring (bicyclic) bond motifs is 1. The van der Waals surface area contributed by atoms with Gasteiger partial charge in [0.25, 0.3) is 0 Å².